The van der Waals surface area contributed by atoms with Crippen molar-refractivity contribution in [2.45, 2.75) is 0 Å². The summed E-state index contributed by atoms with van der Waals surface area (Å²) in [5.41, 5.74) is 0. The summed E-state index contributed by atoms with van der Waals surface area (Å²) in [6, 6.07) is 0. The van der Waals surface area contributed by atoms with Crippen LogP contribution in [0.25, 0.3) is 0 Å². The summed E-state index contributed by atoms with van der Waals surface area (Å²) in [5, 5.41) is 0. The average Bonchev–Trinajstić information content (AvgIpc) is 2.01. The third kappa shape index (κ3) is 4.36. The molecule has 1 saturated heterocycles. The molecule has 0 amide bonds. The van der Waals surface area contributed by atoms with Gasteiger partial charge < -0.3 is 4.90 Å². The van der Waals surface area contributed by atoms with Crippen LogP contribution in [0.15, 0.2) is 0 Å². The summed E-state index contributed by atoms with van der Waals surface area (Å²) >= 11 is 0. The Hall–Kier alpha value is -0.180. The molecule has 1 heterocycles. The molecule has 0 aromatic rings. The van der Waals surface area contributed by atoms with E-state index in [-0.39, 0.29) is 23.8 Å². The first-order valence-corrected chi connectivity index (χ1v) is 7.59. The van der Waals surface area contributed by atoms with E-state index in [9.17, 15) is 16.8 Å². The van der Waals surface area contributed by atoms with E-state index in [0.717, 1.165) is 0 Å². The number of sulfone groups is 1. The molecule has 6 nitrogen and oxygen atoms in total. The topological polar surface area (TPSA) is 91.8 Å². The molecule has 1 N–H and O–H groups in total. The van der Waals surface area contributed by atoms with Crippen molar-refractivity contribution in [1.29, 1.82) is 0 Å². The van der Waals surface area contributed by atoms with Gasteiger partial charge in [0.25, 0.3) is 10.1 Å². The summed E-state index contributed by atoms with van der Waals surface area (Å²) in [4.78, 5) is 1.72. The molecule has 0 unspecified atom stereocenters. The molecule has 0 aromatic heterocycles. The first-order chi connectivity index (χ1) is 6.29. The van der Waals surface area contributed by atoms with Crippen molar-refractivity contribution in [3.63, 3.8) is 0 Å². The second-order valence-corrected chi connectivity index (χ2v) is 7.16. The van der Waals surface area contributed by atoms with Gasteiger partial charge in [-0.15, -0.1) is 0 Å². The summed E-state index contributed by atoms with van der Waals surface area (Å²) < 4.78 is 51.3. The Balaban J connectivity index is 2.37. The summed E-state index contributed by atoms with van der Waals surface area (Å²) in [7, 11) is -6.87. The third-order valence-electron chi connectivity index (χ3n) is 2.10. The van der Waals surface area contributed by atoms with Gasteiger partial charge in [0, 0.05) is 19.6 Å². The Morgan fingerprint density at radius 3 is 2.14 bits per heavy atom. The Kier molecular flexibility index (Phi) is 3.51. The number of hydrogen-bond donors (Lipinski definition) is 1. The molecule has 8 heteroatoms. The minimum atomic E-state index is -3.94. The van der Waals surface area contributed by atoms with Crippen LogP contribution < -0.4 is 0 Å². The van der Waals surface area contributed by atoms with Gasteiger partial charge in [0.15, 0.2) is 9.84 Å². The van der Waals surface area contributed by atoms with Crippen LogP contribution in [0.2, 0.25) is 0 Å². The lowest BCUT2D eigenvalue weighted by Crippen LogP contribution is -2.42. The van der Waals surface area contributed by atoms with Crippen molar-refractivity contribution in [1.82, 2.24) is 4.90 Å². The first-order valence-electron chi connectivity index (χ1n) is 4.16. The fraction of sp³-hybridized carbons (Fsp3) is 1.00. The van der Waals surface area contributed by atoms with Gasteiger partial charge in [-0.05, 0) is 0 Å². The first kappa shape index (κ1) is 11.9. The molecule has 0 aliphatic carbocycles. The van der Waals surface area contributed by atoms with Crippen LogP contribution in [0.4, 0.5) is 0 Å². The summed E-state index contributed by atoms with van der Waals surface area (Å²) in [5.74, 6) is -0.204. The van der Waals surface area contributed by atoms with E-state index >= 15 is 0 Å². The summed E-state index contributed by atoms with van der Waals surface area (Å²) in [6.45, 7) is 0.879. The predicted molar refractivity (Wildman–Crippen MR) is 51.5 cm³/mol. The molecule has 1 rings (SSSR count). The zero-order chi connectivity index (χ0) is 10.8. The van der Waals surface area contributed by atoms with E-state index in [4.69, 9.17) is 4.55 Å². The lowest BCUT2D eigenvalue weighted by atomic mass is 10.5. The van der Waals surface area contributed by atoms with E-state index in [1.807, 2.05) is 0 Å². The van der Waals surface area contributed by atoms with Crippen molar-refractivity contribution in [2.75, 3.05) is 36.9 Å². The molecule has 1 aliphatic rings. The Morgan fingerprint density at radius 1 is 1.21 bits per heavy atom. The molecule has 84 valence electrons. The number of rotatable bonds is 3. The van der Waals surface area contributed by atoms with Crippen LogP contribution >= 0.6 is 0 Å². The van der Waals surface area contributed by atoms with Crippen molar-refractivity contribution < 1.29 is 21.4 Å². The maximum atomic E-state index is 11.0. The lowest BCUT2D eigenvalue weighted by Gasteiger charge is -2.25. The second kappa shape index (κ2) is 4.13. The highest BCUT2D eigenvalue weighted by Crippen LogP contribution is 2.03. The van der Waals surface area contributed by atoms with Gasteiger partial charge in [-0.1, -0.05) is 0 Å². The van der Waals surface area contributed by atoms with E-state index < -0.39 is 20.0 Å². The molecular formula is C6H13NO5S2. The Morgan fingerprint density at radius 2 is 1.71 bits per heavy atom. The van der Waals surface area contributed by atoms with Gasteiger partial charge in [-0.2, -0.15) is 8.42 Å². The van der Waals surface area contributed by atoms with Crippen molar-refractivity contribution in [2.24, 2.45) is 0 Å². The van der Waals surface area contributed by atoms with Crippen LogP contribution in [-0.2, 0) is 20.0 Å². The average molecular weight is 243 g/mol. The van der Waals surface area contributed by atoms with E-state index in [1.54, 1.807) is 4.90 Å². The van der Waals surface area contributed by atoms with Gasteiger partial charge in [0.1, 0.15) is 0 Å². The monoisotopic (exact) mass is 243 g/mol. The Bertz CT molecular complexity index is 370. The van der Waals surface area contributed by atoms with Crippen LogP contribution in [0.1, 0.15) is 0 Å². The summed E-state index contributed by atoms with van der Waals surface area (Å²) in [6.07, 6.45) is 0. The van der Waals surface area contributed by atoms with Gasteiger partial charge in [-0.25, -0.2) is 8.42 Å². The zero-order valence-electron chi connectivity index (χ0n) is 7.59. The maximum Gasteiger partial charge on any atom is 0.266 e. The van der Waals surface area contributed by atoms with Gasteiger partial charge in [0.05, 0.1) is 17.3 Å². The molecule has 0 atom stereocenters. The van der Waals surface area contributed by atoms with Crippen molar-refractivity contribution >= 4 is 20.0 Å². The highest BCUT2D eigenvalue weighted by molar-refractivity contribution is 7.91. The van der Waals surface area contributed by atoms with Crippen LogP contribution in [0.5, 0.6) is 0 Å². The van der Waals surface area contributed by atoms with Gasteiger partial charge >= 0.3 is 0 Å². The molecule has 0 radical (unpaired) electrons. The molecule has 0 bridgehead atoms. The normalized spacial score (nSPS) is 23.5. The minimum Gasteiger partial charge on any atom is -0.300 e. The molecular weight excluding hydrogens is 230 g/mol. The predicted octanol–water partition coefficient (Wildman–Crippen LogP) is -1.40. The standard InChI is InChI=1S/C6H13NO5S2/c8-13(9)4-1-7(2-5-13)3-6-14(10,11)12/h1-6H2,(H,10,11,12). The lowest BCUT2D eigenvalue weighted by molar-refractivity contribution is 0.309. The SMILES string of the molecule is O=S(=O)(O)CCN1CCS(=O)(=O)CC1. The van der Waals surface area contributed by atoms with Crippen molar-refractivity contribution in [3.05, 3.63) is 0 Å². The zero-order valence-corrected chi connectivity index (χ0v) is 9.22. The van der Waals surface area contributed by atoms with Crippen LogP contribution in [0, 0.1) is 0 Å². The largest absolute Gasteiger partial charge is 0.300 e. The molecule has 0 aromatic carbocycles. The Labute approximate surface area is 83.6 Å². The van der Waals surface area contributed by atoms with Crippen LogP contribution in [0.3, 0.4) is 0 Å². The quantitative estimate of drug-likeness (QED) is 0.613. The smallest absolute Gasteiger partial charge is 0.266 e. The molecule has 14 heavy (non-hydrogen) atoms. The maximum absolute atomic E-state index is 11.0. The highest BCUT2D eigenvalue weighted by Gasteiger charge is 2.22. The van der Waals surface area contributed by atoms with E-state index in [0.29, 0.717) is 13.1 Å². The van der Waals surface area contributed by atoms with E-state index in [1.165, 1.54) is 0 Å². The third-order valence-corrected chi connectivity index (χ3v) is 4.41. The van der Waals surface area contributed by atoms with Gasteiger partial charge in [0.2, 0.25) is 0 Å². The number of nitrogens with zero attached hydrogens (tertiary/aromatic N) is 1. The molecule has 0 spiro atoms. The molecule has 1 aliphatic heterocycles. The van der Waals surface area contributed by atoms with Crippen molar-refractivity contribution in [3.8, 4) is 0 Å². The number of hydrogen-bond acceptors (Lipinski definition) is 5. The molecule has 1 fully saturated rings. The van der Waals surface area contributed by atoms with Gasteiger partial charge in [-0.3, -0.25) is 4.55 Å². The molecule has 0 saturated carbocycles. The fourth-order valence-corrected chi connectivity index (χ4v) is 2.98. The van der Waals surface area contributed by atoms with Crippen LogP contribution in [-0.4, -0.2) is 63.2 Å². The van der Waals surface area contributed by atoms with E-state index in [2.05, 4.69) is 0 Å². The second-order valence-electron chi connectivity index (χ2n) is 3.28. The minimum absolute atomic E-state index is 0.0679. The highest BCUT2D eigenvalue weighted by atomic mass is 32.2. The fourth-order valence-electron chi connectivity index (χ4n) is 1.22.